The van der Waals surface area contributed by atoms with Gasteiger partial charge in [-0.1, -0.05) is 35.9 Å². The second-order valence-electron chi connectivity index (χ2n) is 5.09. The fourth-order valence-corrected chi connectivity index (χ4v) is 3.95. The summed E-state index contributed by atoms with van der Waals surface area (Å²) < 4.78 is 40.6. The molecule has 2 aromatic rings. The van der Waals surface area contributed by atoms with E-state index in [1.165, 1.54) is 42.5 Å². The van der Waals surface area contributed by atoms with Crippen molar-refractivity contribution in [2.45, 2.75) is 23.8 Å². The standard InChI is InChI=1S/C16H15ClFNO4S/c17-13-3-1-2-4-15(13)24(22,23)19-14(9-10-16(20)21)11-5-7-12(18)8-6-11/h1-8,14,19H,9-10H2,(H,20,21). The number of rotatable bonds is 7. The molecule has 5 nitrogen and oxygen atoms in total. The highest BCUT2D eigenvalue weighted by Crippen LogP contribution is 2.25. The van der Waals surface area contributed by atoms with Crippen LogP contribution < -0.4 is 4.72 Å². The Morgan fingerprint density at radius 3 is 2.38 bits per heavy atom. The molecular formula is C16H15ClFNO4S. The quantitative estimate of drug-likeness (QED) is 0.781. The molecule has 2 rings (SSSR count). The van der Waals surface area contributed by atoms with Crippen molar-refractivity contribution in [1.29, 1.82) is 0 Å². The van der Waals surface area contributed by atoms with Crippen molar-refractivity contribution in [1.82, 2.24) is 4.72 Å². The van der Waals surface area contributed by atoms with E-state index in [-0.39, 0.29) is 22.8 Å². The smallest absolute Gasteiger partial charge is 0.303 e. The number of hydrogen-bond acceptors (Lipinski definition) is 3. The summed E-state index contributed by atoms with van der Waals surface area (Å²) >= 11 is 5.92. The van der Waals surface area contributed by atoms with Gasteiger partial charge in [-0.15, -0.1) is 0 Å². The van der Waals surface area contributed by atoms with Crippen LogP contribution in [-0.4, -0.2) is 19.5 Å². The van der Waals surface area contributed by atoms with E-state index in [9.17, 15) is 17.6 Å². The first-order chi connectivity index (χ1) is 11.3. The van der Waals surface area contributed by atoms with Crippen LogP contribution in [0.2, 0.25) is 5.02 Å². The van der Waals surface area contributed by atoms with Gasteiger partial charge < -0.3 is 5.11 Å². The minimum atomic E-state index is -3.96. The summed E-state index contributed by atoms with van der Waals surface area (Å²) in [6.07, 6.45) is -0.224. The molecule has 24 heavy (non-hydrogen) atoms. The van der Waals surface area contributed by atoms with Crippen LogP contribution >= 0.6 is 11.6 Å². The van der Waals surface area contributed by atoms with Crippen LogP contribution in [0.25, 0.3) is 0 Å². The first kappa shape index (κ1) is 18.4. The number of carbonyl (C=O) groups is 1. The fraction of sp³-hybridized carbons (Fsp3) is 0.188. The molecule has 0 amide bonds. The molecule has 0 spiro atoms. The second-order valence-corrected chi connectivity index (χ2v) is 7.18. The van der Waals surface area contributed by atoms with Crippen molar-refractivity contribution >= 4 is 27.6 Å². The van der Waals surface area contributed by atoms with E-state index in [4.69, 9.17) is 16.7 Å². The molecule has 0 bridgehead atoms. The van der Waals surface area contributed by atoms with Crippen LogP contribution in [0.3, 0.4) is 0 Å². The van der Waals surface area contributed by atoms with Gasteiger partial charge in [0.2, 0.25) is 10.0 Å². The van der Waals surface area contributed by atoms with E-state index in [2.05, 4.69) is 4.72 Å². The Morgan fingerprint density at radius 1 is 1.17 bits per heavy atom. The number of sulfonamides is 1. The van der Waals surface area contributed by atoms with E-state index >= 15 is 0 Å². The van der Waals surface area contributed by atoms with Crippen LogP contribution in [0.1, 0.15) is 24.4 Å². The van der Waals surface area contributed by atoms with E-state index in [1.54, 1.807) is 6.07 Å². The maximum atomic E-state index is 13.1. The van der Waals surface area contributed by atoms with E-state index in [1.807, 2.05) is 0 Å². The SMILES string of the molecule is O=C(O)CCC(NS(=O)(=O)c1ccccc1Cl)c1ccc(F)cc1. The maximum absolute atomic E-state index is 13.1. The summed E-state index contributed by atoms with van der Waals surface area (Å²) in [4.78, 5) is 10.7. The number of halogens is 2. The highest BCUT2D eigenvalue weighted by Gasteiger charge is 2.24. The van der Waals surface area contributed by atoms with Gasteiger partial charge in [0.25, 0.3) is 0 Å². The van der Waals surface area contributed by atoms with Crippen LogP contribution in [-0.2, 0) is 14.8 Å². The molecule has 1 atom stereocenters. The average molecular weight is 372 g/mol. The Bertz CT molecular complexity index is 824. The molecule has 0 fully saturated rings. The van der Waals surface area contributed by atoms with Gasteiger partial charge in [-0.3, -0.25) is 4.79 Å². The summed E-state index contributed by atoms with van der Waals surface area (Å²) in [5.41, 5.74) is 0.466. The zero-order valence-corrected chi connectivity index (χ0v) is 14.0. The van der Waals surface area contributed by atoms with Gasteiger partial charge in [0.1, 0.15) is 10.7 Å². The topological polar surface area (TPSA) is 83.5 Å². The van der Waals surface area contributed by atoms with Gasteiger partial charge in [0.05, 0.1) is 5.02 Å². The van der Waals surface area contributed by atoms with Crippen molar-refractivity contribution in [3.63, 3.8) is 0 Å². The van der Waals surface area contributed by atoms with Gasteiger partial charge in [0, 0.05) is 12.5 Å². The Labute approximate surface area is 144 Å². The van der Waals surface area contributed by atoms with E-state index in [0.717, 1.165) is 0 Å². The lowest BCUT2D eigenvalue weighted by atomic mass is 10.0. The van der Waals surface area contributed by atoms with Crippen molar-refractivity contribution in [2.24, 2.45) is 0 Å². The molecular weight excluding hydrogens is 357 g/mol. The van der Waals surface area contributed by atoms with Crippen molar-refractivity contribution < 1.29 is 22.7 Å². The number of carboxylic acids is 1. The minimum absolute atomic E-state index is 0.0185. The number of benzene rings is 2. The summed E-state index contributed by atoms with van der Waals surface area (Å²) in [7, 11) is -3.96. The summed E-state index contributed by atoms with van der Waals surface area (Å²) in [6.45, 7) is 0. The van der Waals surface area contributed by atoms with Crippen molar-refractivity contribution in [3.8, 4) is 0 Å². The lowest BCUT2D eigenvalue weighted by molar-refractivity contribution is -0.137. The third-order valence-electron chi connectivity index (χ3n) is 3.34. The Hall–Kier alpha value is -1.96. The molecule has 0 radical (unpaired) electrons. The number of carboxylic acid groups (broad SMARTS) is 1. The first-order valence-electron chi connectivity index (χ1n) is 7.04. The first-order valence-corrected chi connectivity index (χ1v) is 8.90. The third-order valence-corrected chi connectivity index (χ3v) is 5.31. The van der Waals surface area contributed by atoms with Gasteiger partial charge >= 0.3 is 5.97 Å². The number of hydrogen-bond donors (Lipinski definition) is 2. The van der Waals surface area contributed by atoms with Crippen LogP contribution in [0, 0.1) is 5.82 Å². The van der Waals surface area contributed by atoms with Gasteiger partial charge in [-0.05, 0) is 36.2 Å². The van der Waals surface area contributed by atoms with E-state index < -0.39 is 27.9 Å². The van der Waals surface area contributed by atoms with Gasteiger partial charge in [-0.25, -0.2) is 17.5 Å². The molecule has 0 heterocycles. The molecule has 8 heteroatoms. The summed E-state index contributed by atoms with van der Waals surface area (Å²) in [5, 5.41) is 8.91. The fourth-order valence-electron chi connectivity index (χ4n) is 2.17. The molecule has 0 saturated carbocycles. The molecule has 0 aliphatic heterocycles. The van der Waals surface area contributed by atoms with Crippen LogP contribution in [0.4, 0.5) is 4.39 Å². The van der Waals surface area contributed by atoms with Crippen molar-refractivity contribution in [3.05, 3.63) is 64.9 Å². The Kier molecular flexibility index (Phi) is 5.93. The summed E-state index contributed by atoms with van der Waals surface area (Å²) in [5.74, 6) is -1.52. The lowest BCUT2D eigenvalue weighted by Crippen LogP contribution is -2.29. The Morgan fingerprint density at radius 2 is 1.79 bits per heavy atom. The summed E-state index contributed by atoms with van der Waals surface area (Å²) in [6, 6.07) is 10.3. The zero-order valence-electron chi connectivity index (χ0n) is 12.4. The van der Waals surface area contributed by atoms with E-state index in [0.29, 0.717) is 5.56 Å². The third kappa shape index (κ3) is 4.77. The zero-order chi connectivity index (χ0) is 17.7. The molecule has 0 aliphatic rings. The molecule has 2 aromatic carbocycles. The minimum Gasteiger partial charge on any atom is -0.481 e. The van der Waals surface area contributed by atoms with Crippen LogP contribution in [0.5, 0.6) is 0 Å². The predicted octanol–water partition coefficient (Wildman–Crippen LogP) is 3.36. The number of nitrogens with one attached hydrogen (secondary N) is 1. The van der Waals surface area contributed by atoms with Crippen LogP contribution in [0.15, 0.2) is 53.4 Å². The molecule has 128 valence electrons. The molecule has 0 aliphatic carbocycles. The van der Waals surface area contributed by atoms with Gasteiger partial charge in [0.15, 0.2) is 0 Å². The highest BCUT2D eigenvalue weighted by molar-refractivity contribution is 7.89. The van der Waals surface area contributed by atoms with Gasteiger partial charge in [-0.2, -0.15) is 0 Å². The monoisotopic (exact) mass is 371 g/mol. The molecule has 1 unspecified atom stereocenters. The highest BCUT2D eigenvalue weighted by atomic mass is 35.5. The predicted molar refractivity (Wildman–Crippen MR) is 87.8 cm³/mol. The maximum Gasteiger partial charge on any atom is 0.303 e. The lowest BCUT2D eigenvalue weighted by Gasteiger charge is -2.19. The average Bonchev–Trinajstić information content (AvgIpc) is 2.52. The second kappa shape index (κ2) is 7.74. The molecule has 0 saturated heterocycles. The number of aliphatic carboxylic acids is 1. The normalized spacial score (nSPS) is 12.8. The molecule has 2 N–H and O–H groups in total. The van der Waals surface area contributed by atoms with Crippen molar-refractivity contribution in [2.75, 3.05) is 0 Å². The molecule has 0 aromatic heterocycles. The largest absolute Gasteiger partial charge is 0.481 e. The Balaban J connectivity index is 2.32.